The van der Waals surface area contributed by atoms with Crippen LogP contribution >= 0.6 is 11.6 Å². The van der Waals surface area contributed by atoms with Gasteiger partial charge in [-0.2, -0.15) is 0 Å². The number of H-pyrrole nitrogens is 1. The van der Waals surface area contributed by atoms with Crippen molar-refractivity contribution in [3.05, 3.63) is 77.3 Å². The fraction of sp³-hybridized carbons (Fsp3) is 0.351. The first-order valence-corrected chi connectivity index (χ1v) is 17.7. The number of nitrogens with zero attached hydrogens (tertiary/aromatic N) is 5. The van der Waals surface area contributed by atoms with Crippen LogP contribution in [0.15, 0.2) is 60.9 Å². The number of pyridine rings is 1. The Morgan fingerprint density at radius 2 is 1.76 bits per heavy atom. The zero-order chi connectivity index (χ0) is 39.4. The van der Waals surface area contributed by atoms with Gasteiger partial charge < -0.3 is 39.8 Å². The number of aromatic amines is 1. The second-order valence-corrected chi connectivity index (χ2v) is 13.8. The molecule has 4 heterocycles. The minimum atomic E-state index is -5.05. The van der Waals surface area contributed by atoms with Gasteiger partial charge in [-0.3, -0.25) is 14.4 Å². The molecule has 55 heavy (non-hydrogen) atoms. The molecule has 0 saturated carbocycles. The van der Waals surface area contributed by atoms with E-state index < -0.39 is 24.1 Å². The molecule has 0 aliphatic carbocycles. The van der Waals surface area contributed by atoms with Gasteiger partial charge >= 0.3 is 12.5 Å². The van der Waals surface area contributed by atoms with Crippen molar-refractivity contribution >= 4 is 47.4 Å². The van der Waals surface area contributed by atoms with Crippen LogP contribution in [-0.2, 0) is 14.3 Å². The Balaban J connectivity index is 1.18. The van der Waals surface area contributed by atoms with Gasteiger partial charge in [-0.25, -0.2) is 14.8 Å². The summed E-state index contributed by atoms with van der Waals surface area (Å²) in [6, 6.07) is 11.7. The molecule has 0 radical (unpaired) electrons. The number of carbonyl (C=O) groups is 4. The molecular weight excluding hydrogens is 745 g/mol. The summed E-state index contributed by atoms with van der Waals surface area (Å²) in [6.07, 6.45) is -1.34. The van der Waals surface area contributed by atoms with Gasteiger partial charge in [0, 0.05) is 50.0 Å². The number of alkyl carbamates (subject to hydrolysis) is 1. The van der Waals surface area contributed by atoms with Gasteiger partial charge in [0.15, 0.2) is 0 Å². The van der Waals surface area contributed by atoms with Crippen LogP contribution in [0.1, 0.15) is 42.5 Å². The highest BCUT2D eigenvalue weighted by Crippen LogP contribution is 2.41. The number of nitrogens with one attached hydrogen (secondary N) is 3. The van der Waals surface area contributed by atoms with Crippen molar-refractivity contribution < 1.29 is 41.8 Å². The van der Waals surface area contributed by atoms with E-state index in [0.29, 0.717) is 61.1 Å². The number of hydrogen-bond acceptors (Lipinski definition) is 9. The summed E-state index contributed by atoms with van der Waals surface area (Å²) in [6.45, 7) is 5.86. The van der Waals surface area contributed by atoms with E-state index >= 15 is 0 Å². The van der Waals surface area contributed by atoms with E-state index in [1.807, 2.05) is 18.7 Å². The fourth-order valence-corrected chi connectivity index (χ4v) is 6.99. The lowest BCUT2D eigenvalue weighted by molar-refractivity contribution is -0.274. The second kappa shape index (κ2) is 16.3. The summed E-state index contributed by atoms with van der Waals surface area (Å²) in [5, 5.41) is 4.93. The number of ether oxygens (including phenoxy) is 2. The maximum Gasteiger partial charge on any atom is 0.573 e. The number of piperazine rings is 1. The average Bonchev–Trinajstić information content (AvgIpc) is 3.81. The van der Waals surface area contributed by atoms with Crippen molar-refractivity contribution in [2.24, 2.45) is 5.92 Å². The molecule has 0 unspecified atom stereocenters. The monoisotopic (exact) mass is 782 g/mol. The summed E-state index contributed by atoms with van der Waals surface area (Å²) >= 11 is 6.53. The number of imidazole rings is 1. The molecule has 0 bridgehead atoms. The number of alkyl halides is 3. The number of benzene rings is 2. The molecule has 2 saturated heterocycles. The van der Waals surface area contributed by atoms with Gasteiger partial charge in [0.2, 0.25) is 12.3 Å². The summed E-state index contributed by atoms with van der Waals surface area (Å²) in [5.74, 6) is -0.156. The van der Waals surface area contributed by atoms with Gasteiger partial charge in [-0.1, -0.05) is 42.8 Å². The molecule has 2 aromatic heterocycles. The van der Waals surface area contributed by atoms with Crippen LogP contribution in [0, 0.1) is 5.92 Å². The number of halogens is 4. The van der Waals surface area contributed by atoms with Gasteiger partial charge in [-0.05, 0) is 48.6 Å². The van der Waals surface area contributed by atoms with E-state index in [0.717, 1.165) is 12.5 Å². The predicted octanol–water partition coefficient (Wildman–Crippen LogP) is 5.88. The third-order valence-corrected chi connectivity index (χ3v) is 9.79. The average molecular weight is 783 g/mol. The van der Waals surface area contributed by atoms with Gasteiger partial charge in [0.05, 0.1) is 41.3 Å². The minimum absolute atomic E-state index is 0.00508. The summed E-state index contributed by atoms with van der Waals surface area (Å²) in [4.78, 5) is 66.2. The Kier molecular flexibility index (Phi) is 11.5. The van der Waals surface area contributed by atoms with Crippen molar-refractivity contribution in [3.63, 3.8) is 0 Å². The summed E-state index contributed by atoms with van der Waals surface area (Å²) in [7, 11) is 1.21. The van der Waals surface area contributed by atoms with Crippen molar-refractivity contribution in [2.45, 2.75) is 38.7 Å². The maximum atomic E-state index is 13.6. The Labute approximate surface area is 318 Å². The number of likely N-dealkylation sites (tertiary alicyclic amines) is 1. The molecule has 2 aliphatic rings. The molecule has 4 aromatic rings. The number of rotatable bonds is 10. The van der Waals surface area contributed by atoms with Crippen LogP contribution in [0.5, 0.6) is 5.75 Å². The summed E-state index contributed by atoms with van der Waals surface area (Å²) in [5.41, 5.74) is 1.71. The Bertz CT molecular complexity index is 2050. The molecule has 4 amide bonds. The molecule has 3 N–H and O–H groups in total. The van der Waals surface area contributed by atoms with E-state index in [1.165, 1.54) is 19.4 Å². The third-order valence-electron chi connectivity index (χ3n) is 9.47. The lowest BCUT2D eigenvalue weighted by Crippen LogP contribution is -2.51. The number of aromatic nitrogens is 3. The smallest absolute Gasteiger partial charge is 0.453 e. The Hall–Kier alpha value is -5.84. The normalized spacial score (nSPS) is 18.5. The van der Waals surface area contributed by atoms with Crippen LogP contribution in [0.25, 0.3) is 22.4 Å². The van der Waals surface area contributed by atoms with Gasteiger partial charge in [0.25, 0.3) is 5.91 Å². The second-order valence-electron chi connectivity index (χ2n) is 13.4. The molecule has 0 spiro atoms. The van der Waals surface area contributed by atoms with Crippen LogP contribution in [0.3, 0.4) is 0 Å². The fourth-order valence-electron chi connectivity index (χ4n) is 6.77. The van der Waals surface area contributed by atoms with E-state index in [4.69, 9.17) is 11.6 Å². The Morgan fingerprint density at radius 3 is 2.42 bits per heavy atom. The molecule has 18 heteroatoms. The van der Waals surface area contributed by atoms with Gasteiger partial charge in [-0.15, -0.1) is 13.2 Å². The zero-order valence-corrected chi connectivity index (χ0v) is 30.8. The number of amides is 4. The lowest BCUT2D eigenvalue weighted by atomic mass is 10.0. The van der Waals surface area contributed by atoms with Crippen LogP contribution in [0.4, 0.5) is 29.5 Å². The number of anilines is 2. The highest BCUT2D eigenvalue weighted by Gasteiger charge is 2.36. The van der Waals surface area contributed by atoms with E-state index in [2.05, 4.69) is 35.1 Å². The quantitative estimate of drug-likeness (QED) is 0.167. The topological polar surface area (TPSA) is 162 Å². The molecular formula is C37H38ClF3N8O6. The van der Waals surface area contributed by atoms with E-state index in [9.17, 15) is 32.3 Å². The molecule has 2 fully saturated rings. The maximum absolute atomic E-state index is 13.6. The third kappa shape index (κ3) is 9.11. The highest BCUT2D eigenvalue weighted by atomic mass is 35.5. The first-order valence-electron chi connectivity index (χ1n) is 17.3. The SMILES string of the molecule is COC(=O)NCC(=O)N1C[C@@H](C)C[C@H]1c1ncc(-c2ccc(-c3cc(Cl)c(NC(=O)c4ccc(N5CCN(C=O)C[C@H]5C)nc4)cc3OC(F)(F)F)cc2)[nH]1. The van der Waals surface area contributed by atoms with Gasteiger partial charge in [0.1, 0.15) is 23.9 Å². The Morgan fingerprint density at radius 1 is 1.02 bits per heavy atom. The number of methoxy groups -OCH3 is 1. The van der Waals surface area contributed by atoms with Crippen molar-refractivity contribution in [2.75, 3.05) is 50.1 Å². The lowest BCUT2D eigenvalue weighted by Gasteiger charge is -2.39. The van der Waals surface area contributed by atoms with Crippen LogP contribution in [-0.4, -0.2) is 101 Å². The highest BCUT2D eigenvalue weighted by molar-refractivity contribution is 6.34. The molecule has 3 atom stereocenters. The van der Waals surface area contributed by atoms with E-state index in [1.54, 1.807) is 52.4 Å². The van der Waals surface area contributed by atoms with E-state index in [-0.39, 0.29) is 52.3 Å². The molecule has 14 nitrogen and oxygen atoms in total. The summed E-state index contributed by atoms with van der Waals surface area (Å²) < 4.78 is 49.9. The molecule has 6 rings (SSSR count). The van der Waals surface area contributed by atoms with Crippen molar-refractivity contribution in [1.29, 1.82) is 0 Å². The number of hydrogen-bond donors (Lipinski definition) is 3. The first-order chi connectivity index (χ1) is 26.2. The van der Waals surface area contributed by atoms with Crippen molar-refractivity contribution in [3.8, 4) is 28.1 Å². The largest absolute Gasteiger partial charge is 0.573 e. The van der Waals surface area contributed by atoms with Crippen LogP contribution in [0.2, 0.25) is 5.02 Å². The standard InChI is InChI=1S/C37H38ClF3N8O6/c1-21-12-30(49(18-21)33(51)17-44-36(53)54-3)34-43-16-29(45-34)24-6-4-23(5-7-24)26-13-27(38)28(14-31(26)55-37(39,40)41)46-35(52)25-8-9-32(42-15-25)48-11-10-47(20-50)19-22(48)2/h4-9,13-16,20-22,30H,10-12,17-19H2,1-3H3,(H,43,45)(H,44,53)(H,46,52)/t21-,22+,30-/m0/s1. The predicted molar refractivity (Wildman–Crippen MR) is 196 cm³/mol. The first kappa shape index (κ1) is 38.9. The number of carbonyl (C=O) groups excluding carboxylic acids is 4. The molecule has 290 valence electrons. The molecule has 2 aromatic carbocycles. The zero-order valence-electron chi connectivity index (χ0n) is 30.0. The minimum Gasteiger partial charge on any atom is -0.453 e. The van der Waals surface area contributed by atoms with Crippen molar-refractivity contribution in [1.82, 2.24) is 30.1 Å². The molecule has 2 aliphatic heterocycles. The van der Waals surface area contributed by atoms with Crippen LogP contribution < -0.4 is 20.3 Å².